The summed E-state index contributed by atoms with van der Waals surface area (Å²) in [6.45, 7) is 10.7. The van der Waals surface area contributed by atoms with Crippen LogP contribution in [0.15, 0.2) is 84.9 Å². The summed E-state index contributed by atoms with van der Waals surface area (Å²) in [7, 11) is 1.59. The number of hydrogen-bond donors (Lipinski definition) is 3. The largest absolute Gasteiger partial charge is 0.494 e. The predicted molar refractivity (Wildman–Crippen MR) is 287 cm³/mol. The summed E-state index contributed by atoms with van der Waals surface area (Å²) in [5, 5.41) is 13.5. The van der Waals surface area contributed by atoms with E-state index in [1.165, 1.54) is 22.1 Å². The van der Waals surface area contributed by atoms with Crippen molar-refractivity contribution in [3.63, 3.8) is 0 Å². The summed E-state index contributed by atoms with van der Waals surface area (Å²) in [5.41, 5.74) is 5.89. The lowest BCUT2D eigenvalue weighted by molar-refractivity contribution is -0.134. The van der Waals surface area contributed by atoms with Crippen molar-refractivity contribution >= 4 is 78.7 Å². The molecule has 2 fully saturated rings. The lowest BCUT2D eigenvalue weighted by Gasteiger charge is -2.31. The second-order valence-electron chi connectivity index (χ2n) is 20.7. The number of ether oxygens (including phenoxy) is 2. The van der Waals surface area contributed by atoms with Crippen molar-refractivity contribution in [2.45, 2.75) is 90.7 Å². The van der Waals surface area contributed by atoms with Crippen LogP contribution in [0.3, 0.4) is 0 Å². The first-order valence-electron chi connectivity index (χ1n) is 25.6. The fraction of sp³-hybridized carbons (Fsp3) is 0.368. The number of carbonyl (C=O) groups is 5. The van der Waals surface area contributed by atoms with Gasteiger partial charge in [-0.25, -0.2) is 19.2 Å². The van der Waals surface area contributed by atoms with Crippen LogP contribution in [-0.4, -0.2) is 92.6 Å². The van der Waals surface area contributed by atoms with Crippen molar-refractivity contribution in [2.75, 3.05) is 48.3 Å². The lowest BCUT2D eigenvalue weighted by Crippen LogP contribution is -2.39. The Morgan fingerprint density at radius 3 is 2.47 bits per heavy atom. The fourth-order valence-electron chi connectivity index (χ4n) is 10.5. The molecule has 0 bridgehead atoms. The molecule has 388 valence electrons. The maximum absolute atomic E-state index is 15.8. The van der Waals surface area contributed by atoms with Crippen molar-refractivity contribution in [2.24, 2.45) is 13.0 Å². The monoisotopic (exact) mass is 1030 g/mol. The van der Waals surface area contributed by atoms with Crippen LogP contribution in [0.4, 0.5) is 21.0 Å². The number of nitrogens with zero attached hydrogens (tertiary/aromatic N) is 6. The number of likely N-dealkylation sites (tertiary alicyclic amines) is 1. The Balaban J connectivity index is 0.727. The molecule has 2 saturated heterocycles. The first-order chi connectivity index (χ1) is 36.0. The first-order valence-corrected chi connectivity index (χ1v) is 26.4. The molecule has 3 aromatic heterocycles. The number of anilines is 3. The van der Waals surface area contributed by atoms with Gasteiger partial charge in [-0.05, 0) is 162 Å². The Kier molecular flexibility index (Phi) is 14.5. The fourth-order valence-corrected chi connectivity index (χ4v) is 11.3. The summed E-state index contributed by atoms with van der Waals surface area (Å²) >= 11 is 1.44. The zero-order valence-corrected chi connectivity index (χ0v) is 43.6. The molecule has 0 saturated carbocycles. The van der Waals surface area contributed by atoms with E-state index in [-0.39, 0.29) is 47.6 Å². The summed E-state index contributed by atoms with van der Waals surface area (Å²) in [4.78, 5) is 78.8. The van der Waals surface area contributed by atoms with Gasteiger partial charge in [0.15, 0.2) is 16.6 Å². The van der Waals surface area contributed by atoms with Crippen molar-refractivity contribution in [1.29, 1.82) is 0 Å². The highest BCUT2D eigenvalue weighted by Crippen LogP contribution is 2.36. The molecule has 1 atom stereocenters. The number of thiazole rings is 1. The third kappa shape index (κ3) is 11.3. The van der Waals surface area contributed by atoms with Gasteiger partial charge in [0.1, 0.15) is 22.7 Å². The van der Waals surface area contributed by atoms with E-state index < -0.39 is 29.2 Å². The van der Waals surface area contributed by atoms with Gasteiger partial charge in [-0.3, -0.25) is 39.4 Å². The van der Waals surface area contributed by atoms with E-state index in [4.69, 9.17) is 14.5 Å². The maximum atomic E-state index is 15.8. The van der Waals surface area contributed by atoms with Gasteiger partial charge < -0.3 is 19.7 Å². The Morgan fingerprint density at radius 1 is 0.893 bits per heavy atom. The Labute approximate surface area is 438 Å². The molecule has 4 amide bonds. The molecule has 1 unspecified atom stereocenters. The number of pyridine rings is 1. The molecule has 0 radical (unpaired) electrons. The number of aromatic nitrogens is 4. The van der Waals surface area contributed by atoms with Gasteiger partial charge in [0.05, 0.1) is 40.7 Å². The Hall–Kier alpha value is -7.57. The van der Waals surface area contributed by atoms with E-state index in [1.807, 2.05) is 94.4 Å². The van der Waals surface area contributed by atoms with E-state index in [0.29, 0.717) is 71.6 Å². The normalized spacial score (nSPS) is 16.5. The molecule has 18 heteroatoms. The number of carbonyl (C=O) groups excluding carboxylic acids is 5. The zero-order valence-electron chi connectivity index (χ0n) is 42.8. The topological polar surface area (TPSA) is 190 Å². The number of rotatable bonds is 14. The van der Waals surface area contributed by atoms with Gasteiger partial charge in [0.25, 0.3) is 5.91 Å². The number of imide groups is 1. The molecular weight excluding hydrogens is 974 g/mol. The molecule has 3 aliphatic heterocycles. The number of piperidine rings is 2. The number of benzene rings is 4. The number of esters is 1. The molecule has 4 aromatic carbocycles. The third-order valence-corrected chi connectivity index (χ3v) is 15.2. The van der Waals surface area contributed by atoms with Crippen molar-refractivity contribution < 1.29 is 37.8 Å². The van der Waals surface area contributed by atoms with Crippen molar-refractivity contribution in [3.05, 3.63) is 124 Å². The number of halogens is 1. The van der Waals surface area contributed by atoms with Crippen molar-refractivity contribution in [3.8, 4) is 16.9 Å². The van der Waals surface area contributed by atoms with Crippen LogP contribution in [0.2, 0.25) is 0 Å². The Bertz CT molecular complexity index is 3340. The molecule has 6 heterocycles. The number of para-hydroxylation sites is 1. The molecule has 0 aliphatic carbocycles. The van der Waals surface area contributed by atoms with Gasteiger partial charge in [-0.1, -0.05) is 41.7 Å². The van der Waals surface area contributed by atoms with E-state index in [2.05, 4.69) is 41.9 Å². The Morgan fingerprint density at radius 2 is 1.69 bits per heavy atom. The van der Waals surface area contributed by atoms with Crippen molar-refractivity contribution in [1.82, 2.24) is 30.0 Å². The predicted octanol–water partition coefficient (Wildman–Crippen LogP) is 9.49. The molecule has 16 nitrogen and oxygen atoms in total. The average Bonchev–Trinajstić information content (AvgIpc) is 3.95. The molecule has 0 spiro atoms. The summed E-state index contributed by atoms with van der Waals surface area (Å²) in [6, 6.07) is 26.5. The summed E-state index contributed by atoms with van der Waals surface area (Å²) in [5.74, 6) is -1.31. The zero-order chi connectivity index (χ0) is 52.5. The van der Waals surface area contributed by atoms with E-state index >= 15 is 4.39 Å². The number of nitrogens with one attached hydrogen (secondary N) is 3. The lowest BCUT2D eigenvalue weighted by atomic mass is 9.92. The van der Waals surface area contributed by atoms with Gasteiger partial charge in [0.2, 0.25) is 17.7 Å². The number of hydrogen-bond acceptors (Lipinski definition) is 13. The quantitative estimate of drug-likeness (QED) is 0.0532. The van der Waals surface area contributed by atoms with E-state index in [1.54, 1.807) is 13.1 Å². The molecular formula is C57H60FN9O7S. The minimum atomic E-state index is -0.752. The van der Waals surface area contributed by atoms with E-state index in [9.17, 15) is 24.0 Å². The molecule has 3 aliphatic rings. The van der Waals surface area contributed by atoms with Crippen LogP contribution in [-0.2, 0) is 39.1 Å². The highest BCUT2D eigenvalue weighted by molar-refractivity contribution is 7.22. The van der Waals surface area contributed by atoms with E-state index in [0.717, 1.165) is 77.0 Å². The van der Waals surface area contributed by atoms with Crippen LogP contribution in [0.5, 0.6) is 5.75 Å². The number of aryl methyl sites for hydroxylation is 2. The highest BCUT2D eigenvalue weighted by Gasteiger charge is 2.33. The molecule has 7 aromatic rings. The summed E-state index contributed by atoms with van der Waals surface area (Å²) < 4.78 is 30.4. The van der Waals surface area contributed by atoms with Gasteiger partial charge in [-0.15, -0.1) is 0 Å². The van der Waals surface area contributed by atoms with Gasteiger partial charge in [-0.2, -0.15) is 5.10 Å². The smallest absolute Gasteiger partial charge is 0.358 e. The molecule has 75 heavy (non-hydrogen) atoms. The van der Waals surface area contributed by atoms with Crippen LogP contribution in [0.1, 0.15) is 108 Å². The molecule has 3 N–H and O–H groups in total. The summed E-state index contributed by atoms with van der Waals surface area (Å²) in [6.07, 6.45) is 4.88. The second-order valence-corrected chi connectivity index (χ2v) is 21.7. The van der Waals surface area contributed by atoms with Crippen LogP contribution < -0.4 is 25.6 Å². The minimum absolute atomic E-state index is 0.0451. The first kappa shape index (κ1) is 50.9. The molecule has 10 rings (SSSR count). The van der Waals surface area contributed by atoms with Crippen LogP contribution in [0.25, 0.3) is 32.2 Å². The maximum Gasteiger partial charge on any atom is 0.358 e. The second kappa shape index (κ2) is 21.3. The standard InChI is InChI=1S/C57H60FN9O7S/c1-33-30-36(73-29-9-10-34-23-26-66(27-24-34)32-48(69)59-44-20-17-40-50(64-65(5)52(40)49(44)58)41-19-22-47(68)62-54(41)71)15-16-37(33)38-18-21-46(61-51(38)55(72)74-57(2,3)4)67-28-25-35-11-8-12-39(42(35)31-67)53(70)63-56-60-43-13-6-7-14-45(43)75-56/h6-8,11-18,20-21,30,34,41H,9-10,19,22-29,31-32H2,1-5H3,(H,59,69)(H,60,63,70)(H,62,68,71). The highest BCUT2D eigenvalue weighted by atomic mass is 32.1. The number of amides is 4. The van der Waals surface area contributed by atoms with Gasteiger partial charge in [0, 0.05) is 43.1 Å². The average molecular weight is 1030 g/mol. The minimum Gasteiger partial charge on any atom is -0.494 e. The van der Waals surface area contributed by atoms with Gasteiger partial charge >= 0.3 is 5.97 Å². The third-order valence-electron chi connectivity index (χ3n) is 14.2. The SMILES string of the molecule is Cc1cc(OCCCC2CCN(CC(=O)Nc3ccc4c(C5CCC(=O)NC5=O)nn(C)c4c3F)CC2)ccc1-c1ccc(N2CCc3cccc(C(=O)Nc4nc5ccccc5s4)c3C2)nc1C(=O)OC(C)(C)C. The van der Waals surface area contributed by atoms with Crippen LogP contribution in [0, 0.1) is 18.7 Å². The van der Waals surface area contributed by atoms with Crippen LogP contribution >= 0.6 is 11.3 Å². The number of fused-ring (bicyclic) bond motifs is 3.